The molecule has 1 N–H and O–H groups in total. The Morgan fingerprint density at radius 1 is 1.20 bits per heavy atom. The summed E-state index contributed by atoms with van der Waals surface area (Å²) < 4.78 is 5.46. The molecule has 0 bridgehead atoms. The second-order valence-corrected chi connectivity index (χ2v) is 6.14. The van der Waals surface area contributed by atoms with E-state index in [0.717, 1.165) is 44.4 Å². The Balaban J connectivity index is 2.08. The highest BCUT2D eigenvalue weighted by molar-refractivity contribution is 6.31. The van der Waals surface area contributed by atoms with Crippen molar-refractivity contribution in [3.8, 4) is 0 Å². The molecular weight excluding hydrogens is 272 g/mol. The molecule has 1 unspecified atom stereocenters. The Bertz CT molecular complexity index is 405. The van der Waals surface area contributed by atoms with E-state index in [2.05, 4.69) is 36.2 Å². The number of nitrogens with one attached hydrogen (secondary N) is 1. The summed E-state index contributed by atoms with van der Waals surface area (Å²) in [4.78, 5) is 2.47. The zero-order valence-electron chi connectivity index (χ0n) is 12.4. The Labute approximate surface area is 127 Å². The summed E-state index contributed by atoms with van der Waals surface area (Å²) in [6.45, 7) is 9.99. The first-order valence-electron chi connectivity index (χ1n) is 7.45. The van der Waals surface area contributed by atoms with Gasteiger partial charge in [0.2, 0.25) is 0 Å². The van der Waals surface area contributed by atoms with Crippen LogP contribution >= 0.6 is 11.6 Å². The Kier molecular flexibility index (Phi) is 6.30. The van der Waals surface area contributed by atoms with Gasteiger partial charge in [0.05, 0.1) is 13.2 Å². The Morgan fingerprint density at radius 3 is 2.55 bits per heavy atom. The van der Waals surface area contributed by atoms with Crippen LogP contribution in [0.15, 0.2) is 24.3 Å². The van der Waals surface area contributed by atoms with Gasteiger partial charge in [-0.2, -0.15) is 0 Å². The molecule has 1 aromatic carbocycles. The molecule has 3 nitrogen and oxygen atoms in total. The van der Waals surface area contributed by atoms with Crippen LogP contribution in [0.1, 0.15) is 25.5 Å². The Morgan fingerprint density at radius 2 is 1.90 bits per heavy atom. The molecule has 0 saturated carbocycles. The molecule has 2 rings (SSSR count). The molecule has 0 amide bonds. The SMILES string of the molecule is CC(C)CNCC(c1ccccc1Cl)N1CCOCC1. The summed E-state index contributed by atoms with van der Waals surface area (Å²) in [5.74, 6) is 0.659. The number of nitrogens with zero attached hydrogens (tertiary/aromatic N) is 1. The normalized spacial score (nSPS) is 18.4. The molecular formula is C16H25ClN2O. The van der Waals surface area contributed by atoms with Crippen LogP contribution in [0.4, 0.5) is 0 Å². The van der Waals surface area contributed by atoms with Gasteiger partial charge in [0.15, 0.2) is 0 Å². The van der Waals surface area contributed by atoms with Gasteiger partial charge in [-0.25, -0.2) is 0 Å². The molecule has 4 heteroatoms. The number of morpholine rings is 1. The smallest absolute Gasteiger partial charge is 0.0594 e. The fourth-order valence-electron chi connectivity index (χ4n) is 2.58. The average molecular weight is 297 g/mol. The van der Waals surface area contributed by atoms with E-state index in [0.29, 0.717) is 12.0 Å². The van der Waals surface area contributed by atoms with Crippen LogP contribution in [-0.2, 0) is 4.74 Å². The zero-order chi connectivity index (χ0) is 14.4. The summed E-state index contributed by atoms with van der Waals surface area (Å²) in [6, 6.07) is 8.50. The first-order valence-corrected chi connectivity index (χ1v) is 7.83. The maximum Gasteiger partial charge on any atom is 0.0594 e. The van der Waals surface area contributed by atoms with Crippen LogP contribution in [0.25, 0.3) is 0 Å². The van der Waals surface area contributed by atoms with Crippen molar-refractivity contribution in [3.05, 3.63) is 34.9 Å². The summed E-state index contributed by atoms with van der Waals surface area (Å²) in [7, 11) is 0. The van der Waals surface area contributed by atoms with E-state index in [1.54, 1.807) is 0 Å². The van der Waals surface area contributed by atoms with Gasteiger partial charge in [0.1, 0.15) is 0 Å². The summed E-state index contributed by atoms with van der Waals surface area (Å²) in [5, 5.41) is 4.42. The van der Waals surface area contributed by atoms with Crippen LogP contribution in [0.2, 0.25) is 5.02 Å². The molecule has 1 aromatic rings. The van der Waals surface area contributed by atoms with Crippen molar-refractivity contribution < 1.29 is 4.74 Å². The fourth-order valence-corrected chi connectivity index (χ4v) is 2.84. The van der Waals surface area contributed by atoms with Crippen LogP contribution in [-0.4, -0.2) is 44.3 Å². The van der Waals surface area contributed by atoms with Gasteiger partial charge in [0, 0.05) is 30.7 Å². The van der Waals surface area contributed by atoms with Crippen molar-refractivity contribution in [2.24, 2.45) is 5.92 Å². The van der Waals surface area contributed by atoms with E-state index >= 15 is 0 Å². The lowest BCUT2D eigenvalue weighted by atomic mass is 10.0. The molecule has 0 radical (unpaired) electrons. The first-order chi connectivity index (χ1) is 9.68. The monoisotopic (exact) mass is 296 g/mol. The molecule has 1 atom stereocenters. The van der Waals surface area contributed by atoms with Gasteiger partial charge in [-0.3, -0.25) is 4.90 Å². The van der Waals surface area contributed by atoms with Crippen molar-refractivity contribution in [1.82, 2.24) is 10.2 Å². The maximum atomic E-state index is 6.39. The third kappa shape index (κ3) is 4.45. The maximum absolute atomic E-state index is 6.39. The van der Waals surface area contributed by atoms with Gasteiger partial charge in [0.25, 0.3) is 0 Å². The second-order valence-electron chi connectivity index (χ2n) is 5.74. The molecule has 1 fully saturated rings. The van der Waals surface area contributed by atoms with Crippen molar-refractivity contribution in [3.63, 3.8) is 0 Å². The van der Waals surface area contributed by atoms with Crippen LogP contribution in [0.3, 0.4) is 0 Å². The van der Waals surface area contributed by atoms with Gasteiger partial charge in [-0.05, 0) is 24.1 Å². The second kappa shape index (κ2) is 7.99. The van der Waals surface area contributed by atoms with Crippen molar-refractivity contribution in [1.29, 1.82) is 0 Å². The van der Waals surface area contributed by atoms with E-state index in [-0.39, 0.29) is 0 Å². The summed E-state index contributed by atoms with van der Waals surface area (Å²) in [5.41, 5.74) is 1.22. The zero-order valence-corrected chi connectivity index (χ0v) is 13.2. The summed E-state index contributed by atoms with van der Waals surface area (Å²) in [6.07, 6.45) is 0. The lowest BCUT2D eigenvalue weighted by molar-refractivity contribution is 0.0161. The molecule has 20 heavy (non-hydrogen) atoms. The van der Waals surface area contributed by atoms with Crippen LogP contribution < -0.4 is 5.32 Å². The third-order valence-electron chi connectivity index (χ3n) is 3.64. The highest BCUT2D eigenvalue weighted by Gasteiger charge is 2.23. The minimum atomic E-state index is 0.325. The first kappa shape index (κ1) is 15.8. The predicted molar refractivity (Wildman–Crippen MR) is 84.3 cm³/mol. The number of benzene rings is 1. The van der Waals surface area contributed by atoms with Gasteiger partial charge in [-0.1, -0.05) is 43.6 Å². The molecule has 0 spiro atoms. The van der Waals surface area contributed by atoms with E-state index in [1.165, 1.54) is 5.56 Å². The molecule has 1 saturated heterocycles. The molecule has 1 aliphatic rings. The van der Waals surface area contributed by atoms with Crippen molar-refractivity contribution >= 4 is 11.6 Å². The van der Waals surface area contributed by atoms with E-state index in [9.17, 15) is 0 Å². The molecule has 1 heterocycles. The van der Waals surface area contributed by atoms with Crippen LogP contribution in [0, 0.1) is 5.92 Å². The third-order valence-corrected chi connectivity index (χ3v) is 3.99. The largest absolute Gasteiger partial charge is 0.379 e. The van der Waals surface area contributed by atoms with Gasteiger partial charge in [-0.15, -0.1) is 0 Å². The quantitative estimate of drug-likeness (QED) is 0.873. The fraction of sp³-hybridized carbons (Fsp3) is 0.625. The van der Waals surface area contributed by atoms with Gasteiger partial charge >= 0.3 is 0 Å². The highest BCUT2D eigenvalue weighted by atomic mass is 35.5. The molecule has 112 valence electrons. The topological polar surface area (TPSA) is 24.5 Å². The van der Waals surface area contributed by atoms with E-state index in [4.69, 9.17) is 16.3 Å². The minimum absolute atomic E-state index is 0.325. The molecule has 1 aliphatic heterocycles. The molecule has 0 aromatic heterocycles. The predicted octanol–water partition coefficient (Wildman–Crippen LogP) is 2.96. The average Bonchev–Trinajstić information content (AvgIpc) is 2.45. The highest BCUT2D eigenvalue weighted by Crippen LogP contribution is 2.27. The Hall–Kier alpha value is -0.610. The van der Waals surface area contributed by atoms with Crippen molar-refractivity contribution in [2.75, 3.05) is 39.4 Å². The lowest BCUT2D eigenvalue weighted by Crippen LogP contribution is -2.43. The molecule has 0 aliphatic carbocycles. The van der Waals surface area contributed by atoms with E-state index < -0.39 is 0 Å². The van der Waals surface area contributed by atoms with E-state index in [1.807, 2.05) is 12.1 Å². The number of hydrogen-bond donors (Lipinski definition) is 1. The number of halogens is 1. The minimum Gasteiger partial charge on any atom is -0.379 e. The number of ether oxygens (including phenoxy) is 1. The van der Waals surface area contributed by atoms with Crippen molar-refractivity contribution in [2.45, 2.75) is 19.9 Å². The number of hydrogen-bond acceptors (Lipinski definition) is 3. The van der Waals surface area contributed by atoms with Gasteiger partial charge < -0.3 is 10.1 Å². The number of rotatable bonds is 6. The summed E-state index contributed by atoms with van der Waals surface area (Å²) >= 11 is 6.39. The lowest BCUT2D eigenvalue weighted by Gasteiger charge is -2.35. The van der Waals surface area contributed by atoms with Crippen LogP contribution in [0.5, 0.6) is 0 Å². The standard InChI is InChI=1S/C16H25ClN2O/c1-13(2)11-18-12-16(19-7-9-20-10-8-19)14-5-3-4-6-15(14)17/h3-6,13,16,18H,7-12H2,1-2H3.